The van der Waals surface area contributed by atoms with Gasteiger partial charge < -0.3 is 10.7 Å². The van der Waals surface area contributed by atoms with E-state index >= 15 is 0 Å². The molecule has 2 aromatic rings. The predicted octanol–water partition coefficient (Wildman–Crippen LogP) is 1.34. The summed E-state index contributed by atoms with van der Waals surface area (Å²) in [4.78, 5) is 24.5. The molecule has 1 amide bonds. The number of halogens is 1. The summed E-state index contributed by atoms with van der Waals surface area (Å²) in [6.07, 6.45) is 0. The molecule has 2 rings (SSSR count). The quantitative estimate of drug-likeness (QED) is 0.828. The number of thiazole rings is 1. The van der Waals surface area contributed by atoms with Gasteiger partial charge in [-0.2, -0.15) is 0 Å². The molecular weight excluding hydrogens is 231 g/mol. The van der Waals surface area contributed by atoms with E-state index in [-0.39, 0.29) is 5.69 Å². The van der Waals surface area contributed by atoms with Crippen LogP contribution in [0.3, 0.4) is 0 Å². The first kappa shape index (κ1) is 10.6. The number of H-pyrrole nitrogens is 1. The van der Waals surface area contributed by atoms with Gasteiger partial charge >= 0.3 is 4.87 Å². The van der Waals surface area contributed by atoms with E-state index in [1.54, 1.807) is 6.07 Å². The molecule has 0 unspecified atom stereocenters. The number of aromatic amines is 1. The Morgan fingerprint density at radius 3 is 2.81 bits per heavy atom. The van der Waals surface area contributed by atoms with Crippen molar-refractivity contribution in [3.8, 4) is 10.4 Å². The van der Waals surface area contributed by atoms with Crippen molar-refractivity contribution in [2.24, 2.45) is 5.73 Å². The van der Waals surface area contributed by atoms with Crippen molar-refractivity contribution in [2.45, 2.75) is 0 Å². The number of aromatic nitrogens is 1. The second-order valence-electron chi connectivity index (χ2n) is 3.09. The molecule has 0 aliphatic heterocycles. The van der Waals surface area contributed by atoms with Crippen molar-refractivity contribution in [3.63, 3.8) is 0 Å². The zero-order valence-corrected chi connectivity index (χ0v) is 8.81. The van der Waals surface area contributed by atoms with Gasteiger partial charge in [0.15, 0.2) is 0 Å². The van der Waals surface area contributed by atoms with Crippen LogP contribution < -0.4 is 10.6 Å². The number of rotatable bonds is 2. The maximum atomic E-state index is 13.0. The second-order valence-corrected chi connectivity index (χ2v) is 4.08. The van der Waals surface area contributed by atoms with Crippen LogP contribution in [0.15, 0.2) is 29.1 Å². The maximum absolute atomic E-state index is 13.0. The molecule has 0 aliphatic carbocycles. The smallest absolute Gasteiger partial charge is 0.305 e. The molecule has 4 nitrogen and oxygen atoms in total. The third-order valence-electron chi connectivity index (χ3n) is 1.98. The van der Waals surface area contributed by atoms with E-state index in [2.05, 4.69) is 4.98 Å². The van der Waals surface area contributed by atoms with Crippen LogP contribution in [0.1, 0.15) is 10.5 Å². The SMILES string of the molecule is NC(=O)c1[nH]c(=O)sc1-c1cccc(F)c1. The van der Waals surface area contributed by atoms with Gasteiger partial charge in [0.2, 0.25) is 0 Å². The summed E-state index contributed by atoms with van der Waals surface area (Å²) in [7, 11) is 0. The normalized spacial score (nSPS) is 10.3. The number of nitrogens with two attached hydrogens (primary N) is 1. The molecule has 0 saturated heterocycles. The van der Waals surface area contributed by atoms with Crippen LogP contribution in [0.4, 0.5) is 4.39 Å². The van der Waals surface area contributed by atoms with Gasteiger partial charge in [0.05, 0.1) is 4.88 Å². The van der Waals surface area contributed by atoms with Gasteiger partial charge in [0, 0.05) is 0 Å². The number of primary amides is 1. The zero-order valence-electron chi connectivity index (χ0n) is 7.99. The van der Waals surface area contributed by atoms with E-state index in [1.807, 2.05) is 0 Å². The summed E-state index contributed by atoms with van der Waals surface area (Å²) in [5.74, 6) is -1.17. The second kappa shape index (κ2) is 3.90. The average Bonchev–Trinajstić information content (AvgIpc) is 2.60. The van der Waals surface area contributed by atoms with E-state index in [4.69, 9.17) is 5.73 Å². The maximum Gasteiger partial charge on any atom is 0.305 e. The van der Waals surface area contributed by atoms with Crippen LogP contribution in [0.25, 0.3) is 10.4 Å². The molecule has 6 heteroatoms. The number of hydrogen-bond donors (Lipinski definition) is 2. The Kier molecular flexibility index (Phi) is 2.57. The summed E-state index contributed by atoms with van der Waals surface area (Å²) in [6.45, 7) is 0. The van der Waals surface area contributed by atoms with Crippen LogP contribution in [-0.4, -0.2) is 10.9 Å². The highest BCUT2D eigenvalue weighted by molar-refractivity contribution is 7.13. The van der Waals surface area contributed by atoms with Gasteiger partial charge in [-0.05, 0) is 17.7 Å². The molecule has 82 valence electrons. The number of carbonyl (C=O) groups excluding carboxylic acids is 1. The standard InChI is InChI=1S/C10H7FN2O2S/c11-6-3-1-2-5(4-6)8-7(9(12)14)13-10(15)16-8/h1-4H,(H2,12,14)(H,13,15). The lowest BCUT2D eigenvalue weighted by atomic mass is 10.1. The minimum absolute atomic E-state index is 0.0144. The monoisotopic (exact) mass is 238 g/mol. The van der Waals surface area contributed by atoms with Gasteiger partial charge in [-0.1, -0.05) is 23.5 Å². The molecule has 1 aromatic carbocycles. The number of amides is 1. The molecule has 0 saturated carbocycles. The van der Waals surface area contributed by atoms with Gasteiger partial charge in [0.1, 0.15) is 11.5 Å². The molecule has 0 spiro atoms. The summed E-state index contributed by atoms with van der Waals surface area (Å²) >= 11 is 0.826. The molecule has 0 radical (unpaired) electrons. The Balaban J connectivity index is 2.64. The fourth-order valence-electron chi connectivity index (χ4n) is 1.33. The number of nitrogens with one attached hydrogen (secondary N) is 1. The van der Waals surface area contributed by atoms with E-state index in [1.165, 1.54) is 18.2 Å². The Morgan fingerprint density at radius 2 is 2.19 bits per heavy atom. The third kappa shape index (κ3) is 1.87. The topological polar surface area (TPSA) is 76.0 Å². The fourth-order valence-corrected chi connectivity index (χ4v) is 2.17. The minimum atomic E-state index is -0.738. The van der Waals surface area contributed by atoms with E-state index in [9.17, 15) is 14.0 Å². The highest BCUT2D eigenvalue weighted by Gasteiger charge is 2.14. The largest absolute Gasteiger partial charge is 0.364 e. The minimum Gasteiger partial charge on any atom is -0.364 e. The average molecular weight is 238 g/mol. The van der Waals surface area contributed by atoms with Gasteiger partial charge in [-0.15, -0.1) is 0 Å². The van der Waals surface area contributed by atoms with Crippen molar-refractivity contribution in [2.75, 3.05) is 0 Å². The lowest BCUT2D eigenvalue weighted by molar-refractivity contribution is 0.0996. The molecule has 0 aliphatic rings. The van der Waals surface area contributed by atoms with E-state index in [0.29, 0.717) is 10.4 Å². The Labute approximate surface area is 93.5 Å². The Morgan fingerprint density at radius 1 is 1.44 bits per heavy atom. The lowest BCUT2D eigenvalue weighted by Gasteiger charge is -1.99. The molecule has 0 bridgehead atoms. The highest BCUT2D eigenvalue weighted by Crippen LogP contribution is 2.25. The van der Waals surface area contributed by atoms with Gasteiger partial charge in [0.25, 0.3) is 5.91 Å². The van der Waals surface area contributed by atoms with Gasteiger partial charge in [-0.3, -0.25) is 9.59 Å². The third-order valence-corrected chi connectivity index (χ3v) is 2.91. The van der Waals surface area contributed by atoms with Crippen LogP contribution in [0.2, 0.25) is 0 Å². The van der Waals surface area contributed by atoms with Crippen molar-refractivity contribution in [1.29, 1.82) is 0 Å². The summed E-state index contributed by atoms with van der Waals surface area (Å²) in [6, 6.07) is 5.63. The molecule has 3 N–H and O–H groups in total. The molecule has 1 aromatic heterocycles. The summed E-state index contributed by atoms with van der Waals surface area (Å²) in [5, 5.41) is 0. The predicted molar refractivity (Wildman–Crippen MR) is 58.9 cm³/mol. The molecule has 1 heterocycles. The Bertz CT molecular complexity index is 603. The molecule has 16 heavy (non-hydrogen) atoms. The zero-order chi connectivity index (χ0) is 11.7. The van der Waals surface area contributed by atoms with Crippen molar-refractivity contribution >= 4 is 17.2 Å². The van der Waals surface area contributed by atoms with Crippen molar-refractivity contribution in [3.05, 3.63) is 45.4 Å². The molecule has 0 atom stereocenters. The molecular formula is C10H7FN2O2S. The number of benzene rings is 1. The van der Waals surface area contributed by atoms with Crippen LogP contribution in [-0.2, 0) is 0 Å². The highest BCUT2D eigenvalue weighted by atomic mass is 32.1. The number of hydrogen-bond acceptors (Lipinski definition) is 3. The fraction of sp³-hybridized carbons (Fsp3) is 0. The van der Waals surface area contributed by atoms with Crippen LogP contribution in [0.5, 0.6) is 0 Å². The first-order valence-corrected chi connectivity index (χ1v) is 5.18. The van der Waals surface area contributed by atoms with Crippen LogP contribution in [0, 0.1) is 5.82 Å². The number of carbonyl (C=O) groups is 1. The first-order chi connectivity index (χ1) is 7.58. The summed E-state index contributed by atoms with van der Waals surface area (Å²) < 4.78 is 13.0. The van der Waals surface area contributed by atoms with Crippen LogP contribution >= 0.6 is 11.3 Å². The van der Waals surface area contributed by atoms with Crippen molar-refractivity contribution < 1.29 is 9.18 Å². The van der Waals surface area contributed by atoms with Crippen molar-refractivity contribution in [1.82, 2.24) is 4.98 Å². The lowest BCUT2D eigenvalue weighted by Crippen LogP contribution is -2.14. The Hall–Kier alpha value is -1.95. The summed E-state index contributed by atoms with van der Waals surface area (Å²) in [5.41, 5.74) is 5.58. The first-order valence-electron chi connectivity index (χ1n) is 4.37. The van der Waals surface area contributed by atoms with E-state index < -0.39 is 16.6 Å². The van der Waals surface area contributed by atoms with E-state index in [0.717, 1.165) is 11.3 Å². The van der Waals surface area contributed by atoms with Gasteiger partial charge in [-0.25, -0.2) is 4.39 Å². The molecule has 0 fully saturated rings.